The third-order valence-corrected chi connectivity index (χ3v) is 2.18. The lowest BCUT2D eigenvalue weighted by Crippen LogP contribution is -2.44. The summed E-state index contributed by atoms with van der Waals surface area (Å²) in [5.74, 6) is 0.905. The lowest BCUT2D eigenvalue weighted by Gasteiger charge is -2.15. The van der Waals surface area contributed by atoms with Crippen LogP contribution in [0.15, 0.2) is 6.20 Å². The molecule has 0 fully saturated rings. The van der Waals surface area contributed by atoms with Crippen LogP contribution in [0.1, 0.15) is 32.3 Å². The fraction of sp³-hybridized carbons (Fsp3) is 0.636. The molecule has 0 aliphatic carbocycles. The second-order valence-corrected chi connectivity index (χ2v) is 4.26. The molecule has 1 amide bonds. The van der Waals surface area contributed by atoms with Crippen molar-refractivity contribution in [2.24, 2.45) is 0 Å². The molecule has 0 aromatic carbocycles. The van der Waals surface area contributed by atoms with E-state index in [9.17, 15) is 4.79 Å². The normalized spacial score (nSPS) is 12.8. The largest absolute Gasteiger partial charge is 0.353 e. The van der Waals surface area contributed by atoms with Gasteiger partial charge in [-0.15, -0.1) is 0 Å². The van der Waals surface area contributed by atoms with Gasteiger partial charge in [-0.05, 0) is 27.7 Å². The van der Waals surface area contributed by atoms with E-state index in [2.05, 4.69) is 20.6 Å². The molecule has 1 unspecified atom stereocenters. The van der Waals surface area contributed by atoms with Gasteiger partial charge >= 0.3 is 0 Å². The van der Waals surface area contributed by atoms with Crippen molar-refractivity contribution in [1.82, 2.24) is 20.6 Å². The van der Waals surface area contributed by atoms with Crippen molar-refractivity contribution in [2.75, 3.05) is 0 Å². The van der Waals surface area contributed by atoms with Gasteiger partial charge in [0, 0.05) is 24.5 Å². The maximum Gasteiger partial charge on any atom is 0.237 e. The molecule has 0 spiro atoms. The Bertz CT molecular complexity index is 346. The lowest BCUT2D eigenvalue weighted by atomic mass is 10.2. The van der Waals surface area contributed by atoms with Crippen molar-refractivity contribution in [3.8, 4) is 0 Å². The number of hydrogen-bond donors (Lipinski definition) is 3. The molecule has 1 aromatic heterocycles. The average Bonchev–Trinajstić information content (AvgIpc) is 2.59. The SMILES string of the molecule is Cc1ncc(CNC(C)C(=O)NC(C)C)[nH]1. The van der Waals surface area contributed by atoms with Gasteiger partial charge in [0.2, 0.25) is 5.91 Å². The number of carbonyl (C=O) groups is 1. The molecule has 1 aromatic rings. The summed E-state index contributed by atoms with van der Waals surface area (Å²) in [6, 6.07) is -0.0304. The van der Waals surface area contributed by atoms with Crippen molar-refractivity contribution in [2.45, 2.75) is 46.3 Å². The van der Waals surface area contributed by atoms with Gasteiger partial charge < -0.3 is 15.6 Å². The second kappa shape index (κ2) is 5.65. The van der Waals surface area contributed by atoms with Crippen LogP contribution < -0.4 is 10.6 Å². The highest BCUT2D eigenvalue weighted by Crippen LogP contribution is 1.96. The van der Waals surface area contributed by atoms with Crippen LogP contribution in [0.5, 0.6) is 0 Å². The molecule has 1 heterocycles. The predicted molar refractivity (Wildman–Crippen MR) is 62.9 cm³/mol. The third kappa shape index (κ3) is 4.02. The highest BCUT2D eigenvalue weighted by atomic mass is 16.2. The Morgan fingerprint density at radius 1 is 1.50 bits per heavy atom. The maximum absolute atomic E-state index is 11.6. The van der Waals surface area contributed by atoms with E-state index in [1.807, 2.05) is 27.7 Å². The van der Waals surface area contributed by atoms with E-state index >= 15 is 0 Å². The molecule has 90 valence electrons. The summed E-state index contributed by atoms with van der Waals surface area (Å²) in [5.41, 5.74) is 0.988. The summed E-state index contributed by atoms with van der Waals surface area (Å²) in [7, 11) is 0. The van der Waals surface area contributed by atoms with Gasteiger partial charge in [0.15, 0.2) is 0 Å². The standard InChI is InChI=1S/C11H20N4O/c1-7(2)14-11(16)8(3)12-5-10-6-13-9(4)15-10/h6-8,12H,5H2,1-4H3,(H,13,15)(H,14,16). The Hall–Kier alpha value is -1.36. The molecular weight excluding hydrogens is 204 g/mol. The van der Waals surface area contributed by atoms with Gasteiger partial charge in [0.1, 0.15) is 5.82 Å². The zero-order valence-electron chi connectivity index (χ0n) is 10.3. The summed E-state index contributed by atoms with van der Waals surface area (Å²) < 4.78 is 0. The van der Waals surface area contributed by atoms with Crippen molar-refractivity contribution < 1.29 is 4.79 Å². The molecule has 5 heteroatoms. The fourth-order valence-electron chi connectivity index (χ4n) is 1.33. The van der Waals surface area contributed by atoms with Gasteiger partial charge in [-0.3, -0.25) is 4.79 Å². The smallest absolute Gasteiger partial charge is 0.237 e. The summed E-state index contributed by atoms with van der Waals surface area (Å²) in [4.78, 5) is 18.8. The topological polar surface area (TPSA) is 69.8 Å². The first-order chi connectivity index (χ1) is 7.49. The Morgan fingerprint density at radius 2 is 2.19 bits per heavy atom. The van der Waals surface area contributed by atoms with Gasteiger partial charge in [-0.2, -0.15) is 0 Å². The van der Waals surface area contributed by atoms with E-state index < -0.39 is 0 Å². The van der Waals surface area contributed by atoms with E-state index in [1.165, 1.54) is 0 Å². The highest BCUT2D eigenvalue weighted by molar-refractivity contribution is 5.81. The van der Waals surface area contributed by atoms with Gasteiger partial charge in [-0.1, -0.05) is 0 Å². The number of aryl methyl sites for hydroxylation is 1. The third-order valence-electron chi connectivity index (χ3n) is 2.18. The maximum atomic E-state index is 11.6. The predicted octanol–water partition coefficient (Wildman–Crippen LogP) is 0.721. The van der Waals surface area contributed by atoms with Crippen LogP contribution in [0.25, 0.3) is 0 Å². The van der Waals surface area contributed by atoms with Crippen molar-refractivity contribution >= 4 is 5.91 Å². The number of rotatable bonds is 5. The molecule has 0 aliphatic heterocycles. The minimum atomic E-state index is -0.203. The van der Waals surface area contributed by atoms with Crippen LogP contribution in [0.4, 0.5) is 0 Å². The van der Waals surface area contributed by atoms with Crippen LogP contribution in [-0.2, 0) is 11.3 Å². The van der Waals surface area contributed by atoms with Crippen LogP contribution in [-0.4, -0.2) is 28.0 Å². The molecule has 3 N–H and O–H groups in total. The van der Waals surface area contributed by atoms with Gasteiger partial charge in [0.25, 0.3) is 0 Å². The number of amides is 1. The van der Waals surface area contributed by atoms with Crippen molar-refractivity contribution in [3.05, 3.63) is 17.7 Å². The first-order valence-corrected chi connectivity index (χ1v) is 5.53. The summed E-state index contributed by atoms with van der Waals surface area (Å²) in [6.07, 6.45) is 1.77. The number of aromatic amines is 1. The van der Waals surface area contributed by atoms with Crippen LogP contribution >= 0.6 is 0 Å². The number of H-pyrrole nitrogens is 1. The Labute approximate surface area is 96.0 Å². The quantitative estimate of drug-likeness (QED) is 0.690. The minimum absolute atomic E-state index is 0.0197. The number of imidazole rings is 1. The van der Waals surface area contributed by atoms with Gasteiger partial charge in [-0.25, -0.2) is 4.98 Å². The monoisotopic (exact) mass is 224 g/mol. The molecule has 0 saturated heterocycles. The minimum Gasteiger partial charge on any atom is -0.353 e. The number of carbonyl (C=O) groups excluding carboxylic acids is 1. The van der Waals surface area contributed by atoms with E-state index in [4.69, 9.17) is 0 Å². The molecule has 0 aliphatic rings. The van der Waals surface area contributed by atoms with Crippen molar-refractivity contribution in [1.29, 1.82) is 0 Å². The zero-order chi connectivity index (χ0) is 12.1. The Morgan fingerprint density at radius 3 is 2.69 bits per heavy atom. The van der Waals surface area contributed by atoms with Crippen LogP contribution in [0, 0.1) is 6.92 Å². The molecule has 0 bridgehead atoms. The number of hydrogen-bond acceptors (Lipinski definition) is 3. The Balaban J connectivity index is 2.34. The molecule has 0 saturated carbocycles. The average molecular weight is 224 g/mol. The highest BCUT2D eigenvalue weighted by Gasteiger charge is 2.12. The first kappa shape index (κ1) is 12.7. The van der Waals surface area contributed by atoms with E-state index in [0.717, 1.165) is 11.5 Å². The first-order valence-electron chi connectivity index (χ1n) is 5.53. The summed E-state index contributed by atoms with van der Waals surface area (Å²) in [6.45, 7) is 8.26. The summed E-state index contributed by atoms with van der Waals surface area (Å²) in [5, 5.41) is 5.99. The van der Waals surface area contributed by atoms with E-state index in [1.54, 1.807) is 6.20 Å². The summed E-state index contributed by atoms with van der Waals surface area (Å²) >= 11 is 0. The molecular formula is C11H20N4O. The molecule has 16 heavy (non-hydrogen) atoms. The second-order valence-electron chi connectivity index (χ2n) is 4.26. The lowest BCUT2D eigenvalue weighted by molar-refractivity contribution is -0.123. The molecule has 1 rings (SSSR count). The number of nitrogens with one attached hydrogen (secondary N) is 3. The van der Waals surface area contributed by atoms with Crippen LogP contribution in [0.3, 0.4) is 0 Å². The fourth-order valence-corrected chi connectivity index (χ4v) is 1.33. The molecule has 1 atom stereocenters. The Kier molecular flexibility index (Phi) is 4.49. The number of aromatic nitrogens is 2. The van der Waals surface area contributed by atoms with Gasteiger partial charge in [0.05, 0.1) is 6.04 Å². The van der Waals surface area contributed by atoms with E-state index in [0.29, 0.717) is 6.54 Å². The zero-order valence-corrected chi connectivity index (χ0v) is 10.3. The molecule has 0 radical (unpaired) electrons. The van der Waals surface area contributed by atoms with Crippen LogP contribution in [0.2, 0.25) is 0 Å². The number of nitrogens with zero attached hydrogens (tertiary/aromatic N) is 1. The van der Waals surface area contributed by atoms with Crippen molar-refractivity contribution in [3.63, 3.8) is 0 Å². The van der Waals surface area contributed by atoms with E-state index in [-0.39, 0.29) is 18.0 Å². The molecule has 5 nitrogen and oxygen atoms in total.